The van der Waals surface area contributed by atoms with Gasteiger partial charge in [-0.15, -0.1) is 0 Å². The fourth-order valence-corrected chi connectivity index (χ4v) is 2.08. The number of rotatable bonds is 6. The first-order chi connectivity index (χ1) is 7.24. The number of hydrogen-bond donors (Lipinski definition) is 1. The number of nitrogens with one attached hydrogen (secondary N) is 1. The van der Waals surface area contributed by atoms with Gasteiger partial charge in [0.25, 0.3) is 0 Å². The molecule has 88 valence electrons. The van der Waals surface area contributed by atoms with E-state index in [1.807, 2.05) is 0 Å². The lowest BCUT2D eigenvalue weighted by Gasteiger charge is -2.39. The molecule has 0 bridgehead atoms. The van der Waals surface area contributed by atoms with Crippen LogP contribution in [0.2, 0.25) is 0 Å². The Morgan fingerprint density at radius 3 is 2.27 bits per heavy atom. The highest BCUT2D eigenvalue weighted by atomic mass is 16.2. The molecule has 1 saturated heterocycles. The molecule has 0 aromatic heterocycles. The first-order valence-corrected chi connectivity index (χ1v) is 6.25. The highest BCUT2D eigenvalue weighted by Gasteiger charge is 2.30. The topological polar surface area (TPSA) is 32.3 Å². The molecule has 3 heteroatoms. The van der Waals surface area contributed by atoms with Crippen molar-refractivity contribution in [2.24, 2.45) is 5.92 Å². The van der Waals surface area contributed by atoms with Crippen molar-refractivity contribution in [2.45, 2.75) is 46.1 Å². The Bertz CT molecular complexity index is 198. The molecule has 0 saturated carbocycles. The average Bonchev–Trinajstić information content (AvgIpc) is 2.16. The maximum atomic E-state index is 12.2. The summed E-state index contributed by atoms with van der Waals surface area (Å²) < 4.78 is 0. The molecule has 1 rings (SSSR count). The standard InChI is InChI=1S/C12H24N2O/c1-4-7-14(11-8-13-9-11)12(15)10(5-2)6-3/h10-11,13H,4-9H2,1-3H3. The third-order valence-electron chi connectivity index (χ3n) is 3.28. The average molecular weight is 212 g/mol. The van der Waals surface area contributed by atoms with Crippen molar-refractivity contribution in [1.29, 1.82) is 0 Å². The van der Waals surface area contributed by atoms with Gasteiger partial charge < -0.3 is 10.2 Å². The van der Waals surface area contributed by atoms with Crippen LogP contribution in [-0.2, 0) is 4.79 Å². The summed E-state index contributed by atoms with van der Waals surface area (Å²) in [5.74, 6) is 0.602. The monoisotopic (exact) mass is 212 g/mol. The molecule has 0 radical (unpaired) electrons. The minimum absolute atomic E-state index is 0.233. The Morgan fingerprint density at radius 1 is 1.33 bits per heavy atom. The van der Waals surface area contributed by atoms with E-state index in [-0.39, 0.29) is 5.92 Å². The maximum absolute atomic E-state index is 12.2. The zero-order valence-electron chi connectivity index (χ0n) is 10.3. The van der Waals surface area contributed by atoms with Crippen LogP contribution in [0.4, 0.5) is 0 Å². The van der Waals surface area contributed by atoms with E-state index in [1.165, 1.54) is 0 Å². The van der Waals surface area contributed by atoms with Crippen molar-refractivity contribution < 1.29 is 4.79 Å². The van der Waals surface area contributed by atoms with Gasteiger partial charge in [-0.25, -0.2) is 0 Å². The third-order valence-corrected chi connectivity index (χ3v) is 3.28. The second-order valence-electron chi connectivity index (χ2n) is 4.36. The smallest absolute Gasteiger partial charge is 0.225 e. The lowest BCUT2D eigenvalue weighted by Crippen LogP contribution is -2.60. The maximum Gasteiger partial charge on any atom is 0.225 e. The van der Waals surface area contributed by atoms with Crippen LogP contribution in [0, 0.1) is 5.92 Å². The molecule has 0 unspecified atom stereocenters. The molecule has 3 nitrogen and oxygen atoms in total. The summed E-state index contributed by atoms with van der Waals surface area (Å²) in [7, 11) is 0. The van der Waals surface area contributed by atoms with E-state index >= 15 is 0 Å². The van der Waals surface area contributed by atoms with Crippen molar-refractivity contribution in [1.82, 2.24) is 10.2 Å². The van der Waals surface area contributed by atoms with E-state index in [4.69, 9.17) is 0 Å². The molecule has 0 atom stereocenters. The molecule has 0 aromatic rings. The van der Waals surface area contributed by atoms with Crippen LogP contribution < -0.4 is 5.32 Å². The van der Waals surface area contributed by atoms with Crippen LogP contribution in [0.5, 0.6) is 0 Å². The highest BCUT2D eigenvalue weighted by Crippen LogP contribution is 2.16. The van der Waals surface area contributed by atoms with Gasteiger partial charge in [-0.2, -0.15) is 0 Å². The third kappa shape index (κ3) is 2.94. The fraction of sp³-hybridized carbons (Fsp3) is 0.917. The van der Waals surface area contributed by atoms with Crippen LogP contribution >= 0.6 is 0 Å². The minimum Gasteiger partial charge on any atom is -0.337 e. The SMILES string of the molecule is CCCN(C(=O)C(CC)CC)C1CNC1. The largest absolute Gasteiger partial charge is 0.337 e. The van der Waals surface area contributed by atoms with Crippen LogP contribution in [0.25, 0.3) is 0 Å². The van der Waals surface area contributed by atoms with Crippen molar-refractivity contribution in [3.8, 4) is 0 Å². The molecule has 1 aliphatic heterocycles. The number of carbonyl (C=O) groups excluding carboxylic acids is 1. The molecule has 1 N–H and O–H groups in total. The quantitative estimate of drug-likeness (QED) is 0.726. The normalized spacial score (nSPS) is 16.5. The number of hydrogen-bond acceptors (Lipinski definition) is 2. The van der Waals surface area contributed by atoms with Crippen LogP contribution in [0.1, 0.15) is 40.0 Å². The van der Waals surface area contributed by atoms with Gasteiger partial charge in [0.15, 0.2) is 0 Å². The predicted molar refractivity (Wildman–Crippen MR) is 62.7 cm³/mol. The molecule has 1 fully saturated rings. The molecule has 0 aliphatic carbocycles. The van der Waals surface area contributed by atoms with Gasteiger partial charge in [0, 0.05) is 25.6 Å². The summed E-state index contributed by atoms with van der Waals surface area (Å²) >= 11 is 0. The number of amides is 1. The van der Waals surface area contributed by atoms with Crippen molar-refractivity contribution in [2.75, 3.05) is 19.6 Å². The van der Waals surface area contributed by atoms with Gasteiger partial charge in [0.1, 0.15) is 0 Å². The van der Waals surface area contributed by atoms with E-state index in [0.717, 1.165) is 38.9 Å². The van der Waals surface area contributed by atoms with E-state index < -0.39 is 0 Å². The van der Waals surface area contributed by atoms with Crippen molar-refractivity contribution in [3.63, 3.8) is 0 Å². The van der Waals surface area contributed by atoms with Gasteiger partial charge >= 0.3 is 0 Å². The van der Waals surface area contributed by atoms with Crippen molar-refractivity contribution >= 4 is 5.91 Å². The molecular formula is C12H24N2O. The zero-order chi connectivity index (χ0) is 11.3. The Hall–Kier alpha value is -0.570. The second kappa shape index (κ2) is 6.11. The Balaban J connectivity index is 2.56. The molecule has 1 amide bonds. The summed E-state index contributed by atoms with van der Waals surface area (Å²) in [6.07, 6.45) is 2.99. The van der Waals surface area contributed by atoms with Gasteiger partial charge in [-0.05, 0) is 19.3 Å². The highest BCUT2D eigenvalue weighted by molar-refractivity contribution is 5.79. The van der Waals surface area contributed by atoms with Crippen molar-refractivity contribution in [3.05, 3.63) is 0 Å². The summed E-state index contributed by atoms with van der Waals surface area (Å²) in [6.45, 7) is 9.23. The van der Waals surface area contributed by atoms with Gasteiger partial charge in [-0.3, -0.25) is 4.79 Å². The van der Waals surface area contributed by atoms with Gasteiger partial charge in [0.2, 0.25) is 5.91 Å². The van der Waals surface area contributed by atoms with E-state index in [0.29, 0.717) is 11.9 Å². The first-order valence-electron chi connectivity index (χ1n) is 6.25. The van der Waals surface area contributed by atoms with E-state index in [1.54, 1.807) is 0 Å². The van der Waals surface area contributed by atoms with E-state index in [9.17, 15) is 4.79 Å². The van der Waals surface area contributed by atoms with Crippen LogP contribution in [0.3, 0.4) is 0 Å². The molecule has 0 aromatic carbocycles. The summed E-state index contributed by atoms with van der Waals surface area (Å²) in [5, 5.41) is 3.24. The van der Waals surface area contributed by atoms with Crippen LogP contribution in [0.15, 0.2) is 0 Å². The molecule has 1 aliphatic rings. The molecular weight excluding hydrogens is 188 g/mol. The second-order valence-corrected chi connectivity index (χ2v) is 4.36. The molecule has 15 heavy (non-hydrogen) atoms. The number of nitrogens with zero attached hydrogens (tertiary/aromatic N) is 1. The lowest BCUT2D eigenvalue weighted by atomic mass is 9.99. The van der Waals surface area contributed by atoms with Gasteiger partial charge in [0.05, 0.1) is 6.04 Å². The van der Waals surface area contributed by atoms with Crippen LogP contribution in [-0.4, -0.2) is 36.5 Å². The number of carbonyl (C=O) groups is 1. The Labute approximate surface area is 93.2 Å². The van der Waals surface area contributed by atoms with Gasteiger partial charge in [-0.1, -0.05) is 20.8 Å². The lowest BCUT2D eigenvalue weighted by molar-refractivity contribution is -0.139. The Morgan fingerprint density at radius 2 is 1.93 bits per heavy atom. The molecule has 0 spiro atoms. The van der Waals surface area contributed by atoms with E-state index in [2.05, 4.69) is 31.0 Å². The summed E-state index contributed by atoms with van der Waals surface area (Å²) in [5.41, 5.74) is 0. The fourth-order valence-electron chi connectivity index (χ4n) is 2.08. The predicted octanol–water partition coefficient (Wildman–Crippen LogP) is 1.63. The first kappa shape index (κ1) is 12.5. The summed E-state index contributed by atoms with van der Waals surface area (Å²) in [6, 6.07) is 0.457. The minimum atomic E-state index is 0.233. The molecule has 1 heterocycles. The summed E-state index contributed by atoms with van der Waals surface area (Å²) in [4.78, 5) is 14.3. The Kier molecular flexibility index (Phi) is 5.09. The zero-order valence-corrected chi connectivity index (χ0v) is 10.3.